The molecule has 0 spiro atoms. The van der Waals surface area contributed by atoms with Gasteiger partial charge in [-0.05, 0) is 48.4 Å². The Labute approximate surface area is 179 Å². The molecule has 0 bridgehead atoms. The van der Waals surface area contributed by atoms with Gasteiger partial charge in [0.05, 0.1) is 6.07 Å². The molecular formula is C26H30N2O2. The predicted molar refractivity (Wildman–Crippen MR) is 119 cm³/mol. The van der Waals surface area contributed by atoms with E-state index in [9.17, 15) is 14.9 Å². The number of nitriles is 1. The van der Waals surface area contributed by atoms with Crippen LogP contribution in [0.15, 0.2) is 48.5 Å². The van der Waals surface area contributed by atoms with E-state index in [4.69, 9.17) is 0 Å². The summed E-state index contributed by atoms with van der Waals surface area (Å²) in [6, 6.07) is 18.1. The molecule has 1 fully saturated rings. The van der Waals surface area contributed by atoms with Crippen molar-refractivity contribution in [3.05, 3.63) is 59.7 Å². The topological polar surface area (TPSA) is 70.0 Å². The first-order chi connectivity index (χ1) is 14.5. The van der Waals surface area contributed by atoms with Crippen molar-refractivity contribution in [3.8, 4) is 17.2 Å². The fourth-order valence-corrected chi connectivity index (χ4v) is 4.08. The molecular weight excluding hydrogens is 372 g/mol. The molecule has 1 aliphatic rings. The molecule has 1 saturated carbocycles. The van der Waals surface area contributed by atoms with E-state index in [0.717, 1.165) is 54.4 Å². The number of amides is 1. The third kappa shape index (κ3) is 6.29. The van der Waals surface area contributed by atoms with E-state index < -0.39 is 6.04 Å². The average Bonchev–Trinajstić information content (AvgIpc) is 2.78. The van der Waals surface area contributed by atoms with Gasteiger partial charge in [0.1, 0.15) is 11.8 Å². The lowest BCUT2D eigenvalue weighted by atomic mass is 9.88. The van der Waals surface area contributed by atoms with Crippen molar-refractivity contribution in [2.24, 2.45) is 5.92 Å². The Bertz CT molecular complexity index is 905. The number of benzene rings is 2. The Morgan fingerprint density at radius 2 is 1.77 bits per heavy atom. The van der Waals surface area contributed by atoms with E-state index in [0.29, 0.717) is 12.8 Å². The number of Topliss-reactive ketones (excluding diaryl/α,β-unsaturated/α-hetero) is 1. The highest BCUT2D eigenvalue weighted by atomic mass is 16.2. The van der Waals surface area contributed by atoms with Crippen LogP contribution in [0.2, 0.25) is 0 Å². The smallest absolute Gasteiger partial charge is 0.224 e. The average molecular weight is 403 g/mol. The summed E-state index contributed by atoms with van der Waals surface area (Å²) in [5, 5.41) is 12.4. The largest absolute Gasteiger partial charge is 0.340 e. The Balaban J connectivity index is 1.60. The summed E-state index contributed by atoms with van der Waals surface area (Å²) in [7, 11) is 0. The molecule has 2 aromatic carbocycles. The van der Waals surface area contributed by atoms with Gasteiger partial charge in [-0.25, -0.2) is 0 Å². The Morgan fingerprint density at radius 1 is 1.03 bits per heavy atom. The van der Waals surface area contributed by atoms with Gasteiger partial charge in [0.15, 0.2) is 0 Å². The minimum atomic E-state index is -0.500. The van der Waals surface area contributed by atoms with Gasteiger partial charge >= 0.3 is 0 Å². The minimum Gasteiger partial charge on any atom is -0.340 e. The van der Waals surface area contributed by atoms with Crippen LogP contribution in [0.4, 0.5) is 0 Å². The van der Waals surface area contributed by atoms with Gasteiger partial charge in [-0.3, -0.25) is 4.79 Å². The van der Waals surface area contributed by atoms with Gasteiger partial charge in [0, 0.05) is 18.8 Å². The van der Waals surface area contributed by atoms with Gasteiger partial charge in [-0.2, -0.15) is 5.26 Å². The monoisotopic (exact) mass is 402 g/mol. The van der Waals surface area contributed by atoms with Crippen molar-refractivity contribution in [3.63, 3.8) is 0 Å². The second kappa shape index (κ2) is 10.7. The molecule has 0 heterocycles. The molecule has 30 heavy (non-hydrogen) atoms. The fraction of sp³-hybridized carbons (Fsp3) is 0.423. The predicted octanol–water partition coefficient (Wildman–Crippen LogP) is 5.01. The van der Waals surface area contributed by atoms with Crippen molar-refractivity contribution in [1.29, 1.82) is 5.26 Å². The SMILES string of the molecule is CC(=O)CCc1cccc(-c2ccc(C[C@@H](C#N)NC(=O)C3CCCCC3)cc2)c1. The maximum atomic E-state index is 12.4. The van der Waals surface area contributed by atoms with Crippen molar-refractivity contribution in [2.75, 3.05) is 0 Å². The quantitative estimate of drug-likeness (QED) is 0.675. The highest BCUT2D eigenvalue weighted by molar-refractivity contribution is 5.79. The Kier molecular flexibility index (Phi) is 7.79. The van der Waals surface area contributed by atoms with Crippen LogP contribution in [-0.4, -0.2) is 17.7 Å². The summed E-state index contributed by atoms with van der Waals surface area (Å²) in [5.41, 5.74) is 4.40. The lowest BCUT2D eigenvalue weighted by Gasteiger charge is -2.22. The molecule has 0 saturated heterocycles. The number of rotatable bonds is 8. The number of nitrogens with zero attached hydrogens (tertiary/aromatic N) is 1. The second-order valence-electron chi connectivity index (χ2n) is 8.33. The van der Waals surface area contributed by atoms with Crippen molar-refractivity contribution in [1.82, 2.24) is 5.32 Å². The summed E-state index contributed by atoms with van der Waals surface area (Å²) >= 11 is 0. The molecule has 4 nitrogen and oxygen atoms in total. The van der Waals surface area contributed by atoms with Gasteiger partial charge in [-0.1, -0.05) is 67.8 Å². The number of aryl methyl sites for hydroxylation is 1. The van der Waals surface area contributed by atoms with E-state index in [1.807, 2.05) is 24.3 Å². The molecule has 0 radical (unpaired) electrons. The van der Waals surface area contributed by atoms with E-state index in [1.54, 1.807) is 6.92 Å². The molecule has 1 amide bonds. The molecule has 1 N–H and O–H groups in total. The van der Waals surface area contributed by atoms with Crippen LogP contribution in [0, 0.1) is 17.2 Å². The molecule has 0 aromatic heterocycles. The highest BCUT2D eigenvalue weighted by Gasteiger charge is 2.23. The van der Waals surface area contributed by atoms with Crippen LogP contribution in [0.5, 0.6) is 0 Å². The van der Waals surface area contributed by atoms with Gasteiger partial charge in [0.25, 0.3) is 0 Å². The molecule has 2 aromatic rings. The maximum Gasteiger partial charge on any atom is 0.224 e. The maximum absolute atomic E-state index is 12.4. The van der Waals surface area contributed by atoms with Crippen LogP contribution >= 0.6 is 0 Å². The Hall–Kier alpha value is -2.93. The molecule has 156 valence electrons. The number of nitrogens with one attached hydrogen (secondary N) is 1. The first kappa shape index (κ1) is 21.8. The van der Waals surface area contributed by atoms with Gasteiger partial charge < -0.3 is 10.1 Å². The van der Waals surface area contributed by atoms with Crippen LogP contribution < -0.4 is 5.32 Å². The molecule has 1 atom stereocenters. The van der Waals surface area contributed by atoms with E-state index in [1.165, 1.54) is 6.42 Å². The van der Waals surface area contributed by atoms with E-state index in [-0.39, 0.29) is 17.6 Å². The van der Waals surface area contributed by atoms with E-state index in [2.05, 4.69) is 35.7 Å². The van der Waals surface area contributed by atoms with Crippen LogP contribution in [-0.2, 0) is 22.4 Å². The summed E-state index contributed by atoms with van der Waals surface area (Å²) in [4.78, 5) is 23.7. The zero-order valence-electron chi connectivity index (χ0n) is 17.7. The lowest BCUT2D eigenvalue weighted by molar-refractivity contribution is -0.126. The molecule has 3 rings (SSSR count). The first-order valence-corrected chi connectivity index (χ1v) is 10.9. The molecule has 0 unspecified atom stereocenters. The second-order valence-corrected chi connectivity index (χ2v) is 8.33. The zero-order chi connectivity index (χ0) is 21.3. The summed E-state index contributed by atoms with van der Waals surface area (Å²) in [6.07, 6.45) is 7.11. The third-order valence-corrected chi connectivity index (χ3v) is 5.87. The first-order valence-electron chi connectivity index (χ1n) is 10.9. The zero-order valence-corrected chi connectivity index (χ0v) is 17.7. The molecule has 4 heteroatoms. The van der Waals surface area contributed by atoms with E-state index >= 15 is 0 Å². The number of carbonyl (C=O) groups is 2. The number of ketones is 1. The van der Waals surface area contributed by atoms with Crippen molar-refractivity contribution >= 4 is 11.7 Å². The van der Waals surface area contributed by atoms with Crippen LogP contribution in [0.3, 0.4) is 0 Å². The standard InChI is InChI=1S/C26H30N2O2/c1-19(29)10-11-20-6-5-9-24(16-20)22-14-12-21(13-15-22)17-25(18-27)28-26(30)23-7-3-2-4-8-23/h5-6,9,12-16,23,25H,2-4,7-8,10-11,17H2,1H3,(H,28,30)/t25-/m0/s1. The lowest BCUT2D eigenvalue weighted by Crippen LogP contribution is -2.40. The number of hydrogen-bond acceptors (Lipinski definition) is 3. The minimum absolute atomic E-state index is 0.0280. The Morgan fingerprint density at radius 3 is 2.43 bits per heavy atom. The highest BCUT2D eigenvalue weighted by Crippen LogP contribution is 2.24. The van der Waals surface area contributed by atoms with Gasteiger partial charge in [-0.15, -0.1) is 0 Å². The third-order valence-electron chi connectivity index (χ3n) is 5.87. The van der Waals surface area contributed by atoms with Crippen molar-refractivity contribution < 1.29 is 9.59 Å². The summed E-state index contributed by atoms with van der Waals surface area (Å²) in [5.74, 6) is 0.292. The summed E-state index contributed by atoms with van der Waals surface area (Å²) < 4.78 is 0. The van der Waals surface area contributed by atoms with Crippen LogP contribution in [0.1, 0.15) is 56.6 Å². The number of carbonyl (C=O) groups excluding carboxylic acids is 2. The van der Waals surface area contributed by atoms with Gasteiger partial charge in [0.2, 0.25) is 5.91 Å². The molecule has 0 aliphatic heterocycles. The summed E-state index contributed by atoms with van der Waals surface area (Å²) in [6.45, 7) is 1.62. The fourth-order valence-electron chi connectivity index (χ4n) is 4.08. The normalized spacial score (nSPS) is 15.2. The van der Waals surface area contributed by atoms with Crippen LogP contribution in [0.25, 0.3) is 11.1 Å². The van der Waals surface area contributed by atoms with Crippen molar-refractivity contribution in [2.45, 2.75) is 64.3 Å². The number of hydrogen-bond donors (Lipinski definition) is 1. The molecule has 1 aliphatic carbocycles.